The van der Waals surface area contributed by atoms with E-state index in [4.69, 9.17) is 9.72 Å². The van der Waals surface area contributed by atoms with Crippen molar-refractivity contribution < 1.29 is 4.74 Å². The van der Waals surface area contributed by atoms with Crippen LogP contribution in [0.3, 0.4) is 0 Å². The normalized spacial score (nSPS) is 17.6. The quantitative estimate of drug-likeness (QED) is 0.499. The van der Waals surface area contributed by atoms with Crippen molar-refractivity contribution in [3.8, 4) is 22.8 Å². The van der Waals surface area contributed by atoms with E-state index in [0.717, 1.165) is 52.7 Å². The Labute approximate surface area is 169 Å². The Morgan fingerprint density at radius 2 is 1.93 bits per heavy atom. The number of rotatable bonds is 5. The Kier molecular flexibility index (Phi) is 4.77. The van der Waals surface area contributed by atoms with Crippen LogP contribution in [0.25, 0.3) is 22.3 Å². The lowest BCUT2D eigenvalue weighted by Crippen LogP contribution is -2.37. The number of fused-ring (bicyclic) bond motifs is 1. The summed E-state index contributed by atoms with van der Waals surface area (Å²) in [4.78, 5) is 10.8. The van der Waals surface area contributed by atoms with E-state index in [1.807, 2.05) is 48.5 Å². The average Bonchev–Trinajstić information content (AvgIpc) is 3.40. The van der Waals surface area contributed by atoms with Gasteiger partial charge in [-0.25, -0.2) is 4.98 Å². The zero-order valence-corrected chi connectivity index (χ0v) is 16.6. The average molecular weight is 387 g/mol. The molecule has 2 aromatic heterocycles. The van der Waals surface area contributed by atoms with Crippen molar-refractivity contribution in [3.05, 3.63) is 60.6 Å². The SMILES string of the molecule is C[C@@H]1CCCCN1Cc1nc2cc(Oc3ccc(-c4ccn[nH]4)cc3)ccc2[nH]1. The van der Waals surface area contributed by atoms with Gasteiger partial charge >= 0.3 is 0 Å². The molecule has 0 unspecified atom stereocenters. The molecular weight excluding hydrogens is 362 g/mol. The molecule has 5 rings (SSSR count). The van der Waals surface area contributed by atoms with Crippen LogP contribution in [-0.4, -0.2) is 37.7 Å². The fourth-order valence-corrected chi connectivity index (χ4v) is 4.02. The molecule has 4 aromatic rings. The van der Waals surface area contributed by atoms with Gasteiger partial charge in [0.15, 0.2) is 0 Å². The number of aromatic amines is 2. The number of nitrogens with zero attached hydrogens (tertiary/aromatic N) is 3. The Bertz CT molecular complexity index is 1080. The summed E-state index contributed by atoms with van der Waals surface area (Å²) in [6.07, 6.45) is 5.64. The van der Waals surface area contributed by atoms with Crippen LogP contribution in [0.4, 0.5) is 0 Å². The molecule has 148 valence electrons. The molecule has 2 N–H and O–H groups in total. The lowest BCUT2D eigenvalue weighted by molar-refractivity contribution is 0.149. The van der Waals surface area contributed by atoms with E-state index in [0.29, 0.717) is 6.04 Å². The summed E-state index contributed by atoms with van der Waals surface area (Å²) < 4.78 is 6.04. The van der Waals surface area contributed by atoms with E-state index in [-0.39, 0.29) is 0 Å². The molecule has 2 aromatic carbocycles. The number of piperidine rings is 1. The van der Waals surface area contributed by atoms with E-state index in [1.165, 1.54) is 19.3 Å². The van der Waals surface area contributed by atoms with Gasteiger partial charge in [-0.15, -0.1) is 0 Å². The summed E-state index contributed by atoms with van der Waals surface area (Å²) in [6.45, 7) is 4.34. The second kappa shape index (κ2) is 7.72. The maximum atomic E-state index is 6.04. The molecule has 0 bridgehead atoms. The number of hydrogen-bond acceptors (Lipinski definition) is 4. The van der Waals surface area contributed by atoms with E-state index in [1.54, 1.807) is 6.20 Å². The first-order valence-electron chi connectivity index (χ1n) is 10.2. The van der Waals surface area contributed by atoms with Crippen molar-refractivity contribution in [3.63, 3.8) is 0 Å². The highest BCUT2D eigenvalue weighted by molar-refractivity contribution is 5.77. The molecule has 3 heterocycles. The van der Waals surface area contributed by atoms with Gasteiger partial charge in [0, 0.05) is 18.3 Å². The van der Waals surface area contributed by atoms with E-state index in [9.17, 15) is 0 Å². The van der Waals surface area contributed by atoms with Crippen LogP contribution in [0.15, 0.2) is 54.7 Å². The highest BCUT2D eigenvalue weighted by Crippen LogP contribution is 2.27. The predicted molar refractivity (Wildman–Crippen MR) is 114 cm³/mol. The van der Waals surface area contributed by atoms with Crippen LogP contribution in [0, 0.1) is 0 Å². The van der Waals surface area contributed by atoms with Crippen LogP contribution in [0.1, 0.15) is 32.0 Å². The van der Waals surface area contributed by atoms with Crippen molar-refractivity contribution in [1.82, 2.24) is 25.1 Å². The highest BCUT2D eigenvalue weighted by atomic mass is 16.5. The van der Waals surface area contributed by atoms with Gasteiger partial charge in [-0.1, -0.05) is 6.42 Å². The third kappa shape index (κ3) is 3.89. The summed E-state index contributed by atoms with van der Waals surface area (Å²) in [6, 6.07) is 16.6. The molecule has 0 aliphatic carbocycles. The minimum atomic E-state index is 0.626. The minimum Gasteiger partial charge on any atom is -0.457 e. The monoisotopic (exact) mass is 387 g/mol. The molecule has 1 atom stereocenters. The topological polar surface area (TPSA) is 69.8 Å². The van der Waals surface area contributed by atoms with Gasteiger partial charge in [0.05, 0.1) is 23.3 Å². The number of benzene rings is 2. The lowest BCUT2D eigenvalue weighted by atomic mass is 10.0. The summed E-state index contributed by atoms with van der Waals surface area (Å²) in [5.41, 5.74) is 4.06. The van der Waals surface area contributed by atoms with Crippen molar-refractivity contribution >= 4 is 11.0 Å². The first-order valence-corrected chi connectivity index (χ1v) is 10.2. The second-order valence-electron chi connectivity index (χ2n) is 7.77. The number of hydrogen-bond donors (Lipinski definition) is 2. The number of H-pyrrole nitrogens is 2. The Balaban J connectivity index is 1.31. The van der Waals surface area contributed by atoms with Gasteiger partial charge in [0.1, 0.15) is 17.3 Å². The number of imidazole rings is 1. The Morgan fingerprint density at radius 3 is 2.72 bits per heavy atom. The van der Waals surface area contributed by atoms with E-state index < -0.39 is 0 Å². The Morgan fingerprint density at radius 1 is 1.07 bits per heavy atom. The van der Waals surface area contributed by atoms with E-state index >= 15 is 0 Å². The van der Waals surface area contributed by atoms with Crippen LogP contribution < -0.4 is 4.74 Å². The molecule has 1 aliphatic heterocycles. The number of nitrogens with one attached hydrogen (secondary N) is 2. The molecule has 0 radical (unpaired) electrons. The van der Waals surface area contributed by atoms with Crippen LogP contribution in [0.5, 0.6) is 11.5 Å². The van der Waals surface area contributed by atoms with Crippen LogP contribution in [-0.2, 0) is 6.54 Å². The highest BCUT2D eigenvalue weighted by Gasteiger charge is 2.19. The summed E-state index contributed by atoms with van der Waals surface area (Å²) in [7, 11) is 0. The third-order valence-electron chi connectivity index (χ3n) is 5.70. The van der Waals surface area contributed by atoms with Gasteiger partial charge in [-0.2, -0.15) is 5.10 Å². The van der Waals surface area contributed by atoms with Gasteiger partial charge in [0.25, 0.3) is 0 Å². The van der Waals surface area contributed by atoms with Crippen LogP contribution in [0.2, 0.25) is 0 Å². The standard InChI is InChI=1S/C23H25N5O/c1-16-4-2-3-13-28(16)15-23-25-21-10-9-19(14-22(21)26-23)29-18-7-5-17(6-8-18)20-11-12-24-27-20/h5-12,14,16H,2-4,13,15H2,1H3,(H,24,27)(H,25,26)/t16-/m1/s1. The fourth-order valence-electron chi connectivity index (χ4n) is 4.02. The molecule has 29 heavy (non-hydrogen) atoms. The van der Waals surface area contributed by atoms with Gasteiger partial charge in [-0.05, 0) is 74.3 Å². The molecule has 0 spiro atoms. The summed E-state index contributed by atoms with van der Waals surface area (Å²) in [5, 5.41) is 6.96. The lowest BCUT2D eigenvalue weighted by Gasteiger charge is -2.32. The molecule has 6 heteroatoms. The maximum absolute atomic E-state index is 6.04. The van der Waals surface area contributed by atoms with Crippen molar-refractivity contribution in [2.24, 2.45) is 0 Å². The van der Waals surface area contributed by atoms with Gasteiger partial charge < -0.3 is 9.72 Å². The molecule has 1 saturated heterocycles. The number of aromatic nitrogens is 4. The fraction of sp³-hybridized carbons (Fsp3) is 0.304. The smallest absolute Gasteiger partial charge is 0.129 e. The molecule has 0 saturated carbocycles. The first-order chi connectivity index (χ1) is 14.2. The molecule has 1 fully saturated rings. The van der Waals surface area contributed by atoms with Gasteiger partial charge in [-0.3, -0.25) is 10.00 Å². The third-order valence-corrected chi connectivity index (χ3v) is 5.70. The number of ether oxygens (including phenoxy) is 1. The summed E-state index contributed by atoms with van der Waals surface area (Å²) in [5.74, 6) is 2.61. The zero-order chi connectivity index (χ0) is 19.6. The Hall–Kier alpha value is -3.12. The van der Waals surface area contributed by atoms with Crippen molar-refractivity contribution in [2.45, 2.75) is 38.8 Å². The van der Waals surface area contributed by atoms with Gasteiger partial charge in [0.2, 0.25) is 0 Å². The van der Waals surface area contributed by atoms with E-state index in [2.05, 4.69) is 27.0 Å². The largest absolute Gasteiger partial charge is 0.457 e. The van der Waals surface area contributed by atoms with Crippen LogP contribution >= 0.6 is 0 Å². The molecule has 6 nitrogen and oxygen atoms in total. The number of likely N-dealkylation sites (tertiary alicyclic amines) is 1. The predicted octanol–water partition coefficient (Wildman–Crippen LogP) is 5.12. The molecule has 1 aliphatic rings. The zero-order valence-electron chi connectivity index (χ0n) is 16.6. The maximum Gasteiger partial charge on any atom is 0.129 e. The molecular formula is C23H25N5O. The molecule has 0 amide bonds. The van der Waals surface area contributed by atoms with Crippen molar-refractivity contribution in [1.29, 1.82) is 0 Å². The summed E-state index contributed by atoms with van der Waals surface area (Å²) >= 11 is 0. The minimum absolute atomic E-state index is 0.626. The first kappa shape index (κ1) is 17.9. The van der Waals surface area contributed by atoms with Crippen molar-refractivity contribution in [2.75, 3.05) is 6.54 Å². The second-order valence-corrected chi connectivity index (χ2v) is 7.77.